The lowest BCUT2D eigenvalue weighted by atomic mass is 9.59. The zero-order valence-electron chi connectivity index (χ0n) is 16.8. The van der Waals surface area contributed by atoms with Crippen LogP contribution in [0.3, 0.4) is 0 Å². The first-order valence-corrected chi connectivity index (χ1v) is 10.5. The summed E-state index contributed by atoms with van der Waals surface area (Å²) in [6.45, 7) is 5.73. The number of aliphatic hydroxyl groups excluding tert-OH is 2. The standard InChI is InChI=1S/C21H34O6/c1-17(2)13(22)7-12-15-11-5-6-20(25)10-19(11,9-18(20,3)24)8-14(23)21(12,17)27-16(15)26-4/h11-16,22-25H,5-10H2,1-4H3/t11-,12-,13-,14+,15-,16-,18+,19+,20-,21-/m0/s1. The van der Waals surface area contributed by atoms with Gasteiger partial charge in [0.25, 0.3) is 0 Å². The van der Waals surface area contributed by atoms with Gasteiger partial charge in [-0.15, -0.1) is 0 Å². The first-order valence-electron chi connectivity index (χ1n) is 10.5. The Labute approximate surface area is 160 Å². The van der Waals surface area contributed by atoms with Crippen molar-refractivity contribution in [2.45, 2.75) is 94.6 Å². The van der Waals surface area contributed by atoms with Crippen molar-refractivity contribution in [3.63, 3.8) is 0 Å². The predicted molar refractivity (Wildman–Crippen MR) is 96.6 cm³/mol. The van der Waals surface area contributed by atoms with E-state index in [0.717, 1.165) is 6.42 Å². The van der Waals surface area contributed by atoms with Crippen LogP contribution in [0.15, 0.2) is 0 Å². The first-order chi connectivity index (χ1) is 12.4. The van der Waals surface area contributed by atoms with Gasteiger partial charge in [0, 0.05) is 24.4 Å². The molecule has 1 saturated heterocycles. The zero-order valence-corrected chi connectivity index (χ0v) is 16.8. The molecule has 6 nitrogen and oxygen atoms in total. The fourth-order valence-corrected chi connectivity index (χ4v) is 8.46. The van der Waals surface area contributed by atoms with Gasteiger partial charge in [-0.1, -0.05) is 13.8 Å². The lowest BCUT2D eigenvalue weighted by molar-refractivity contribution is -0.258. The van der Waals surface area contributed by atoms with Crippen LogP contribution < -0.4 is 0 Å². The molecule has 5 rings (SSSR count). The second-order valence-electron chi connectivity index (χ2n) is 11.1. The molecule has 0 aromatic rings. The third-order valence-electron chi connectivity index (χ3n) is 9.75. The van der Waals surface area contributed by atoms with E-state index in [0.29, 0.717) is 32.1 Å². The SMILES string of the molecule is CO[C@H]1O[C@]23[C@H](O)C[C@@]45C[C@@](O)(CC[C@H]4[C@H]1[C@@H]2C[C@H](O)C3(C)C)[C@](C)(O)C5. The second-order valence-corrected chi connectivity index (χ2v) is 11.1. The van der Waals surface area contributed by atoms with Gasteiger partial charge in [0.05, 0.1) is 23.4 Å². The molecule has 0 amide bonds. The fraction of sp³-hybridized carbons (Fsp3) is 1.00. The molecule has 154 valence electrons. The van der Waals surface area contributed by atoms with E-state index in [1.165, 1.54) is 0 Å². The third-order valence-corrected chi connectivity index (χ3v) is 9.75. The van der Waals surface area contributed by atoms with Crippen LogP contribution in [0, 0.1) is 28.6 Å². The Morgan fingerprint density at radius 1 is 1.00 bits per heavy atom. The van der Waals surface area contributed by atoms with Crippen molar-refractivity contribution < 1.29 is 29.9 Å². The minimum absolute atomic E-state index is 0.0172. The van der Waals surface area contributed by atoms with Crippen LogP contribution in [0.1, 0.15) is 59.3 Å². The van der Waals surface area contributed by atoms with E-state index in [1.807, 2.05) is 13.8 Å². The molecule has 0 aromatic heterocycles. The first kappa shape index (κ1) is 18.8. The number of hydrogen-bond acceptors (Lipinski definition) is 6. The van der Waals surface area contributed by atoms with Crippen LogP contribution in [-0.4, -0.2) is 62.8 Å². The summed E-state index contributed by atoms with van der Waals surface area (Å²) in [5, 5.41) is 44.6. The van der Waals surface area contributed by atoms with Crippen molar-refractivity contribution in [3.05, 3.63) is 0 Å². The van der Waals surface area contributed by atoms with Crippen molar-refractivity contribution in [2.24, 2.45) is 28.6 Å². The molecule has 4 aliphatic carbocycles. The van der Waals surface area contributed by atoms with Crippen LogP contribution in [0.5, 0.6) is 0 Å². The highest BCUT2D eigenvalue weighted by Gasteiger charge is 2.78. The normalized spacial score (nSPS) is 63.6. The minimum Gasteiger partial charge on any atom is -0.392 e. The molecular weight excluding hydrogens is 348 g/mol. The zero-order chi connectivity index (χ0) is 19.6. The molecule has 0 radical (unpaired) electrons. The number of hydrogen-bond donors (Lipinski definition) is 4. The molecule has 4 N–H and O–H groups in total. The van der Waals surface area contributed by atoms with E-state index >= 15 is 0 Å². The Morgan fingerprint density at radius 3 is 2.37 bits per heavy atom. The Bertz CT molecular complexity index is 659. The van der Waals surface area contributed by atoms with Crippen molar-refractivity contribution in [1.82, 2.24) is 0 Å². The van der Waals surface area contributed by atoms with Crippen molar-refractivity contribution in [1.29, 1.82) is 0 Å². The molecule has 5 aliphatic rings. The molecule has 1 aliphatic heterocycles. The summed E-state index contributed by atoms with van der Waals surface area (Å²) < 4.78 is 12.3. The maximum Gasteiger partial charge on any atom is 0.161 e. The summed E-state index contributed by atoms with van der Waals surface area (Å²) in [4.78, 5) is 0. The molecule has 4 saturated carbocycles. The van der Waals surface area contributed by atoms with Crippen LogP contribution in [0.25, 0.3) is 0 Å². The molecule has 6 heteroatoms. The number of ether oxygens (including phenoxy) is 2. The molecule has 5 fully saturated rings. The molecule has 4 bridgehead atoms. The number of fused-ring (bicyclic) bond motifs is 2. The van der Waals surface area contributed by atoms with E-state index in [9.17, 15) is 20.4 Å². The monoisotopic (exact) mass is 382 g/mol. The molecule has 0 unspecified atom stereocenters. The fourth-order valence-electron chi connectivity index (χ4n) is 8.46. The molecule has 1 heterocycles. The van der Waals surface area contributed by atoms with Gasteiger partial charge >= 0.3 is 0 Å². The average molecular weight is 382 g/mol. The number of methoxy groups -OCH3 is 1. The Balaban J connectivity index is 1.67. The predicted octanol–water partition coefficient (Wildman–Crippen LogP) is 1.19. The quantitative estimate of drug-likeness (QED) is 0.544. The maximum absolute atomic E-state index is 11.6. The van der Waals surface area contributed by atoms with Gasteiger partial charge in [-0.25, -0.2) is 0 Å². The summed E-state index contributed by atoms with van der Waals surface area (Å²) in [7, 11) is 1.65. The smallest absolute Gasteiger partial charge is 0.161 e. The second kappa shape index (κ2) is 5.08. The van der Waals surface area contributed by atoms with E-state index in [4.69, 9.17) is 9.47 Å². The highest BCUT2D eigenvalue weighted by molar-refractivity contribution is 5.26. The molecule has 27 heavy (non-hydrogen) atoms. The van der Waals surface area contributed by atoms with Gasteiger partial charge in [-0.3, -0.25) is 0 Å². The molecule has 0 aromatic carbocycles. The molecular formula is C21H34O6. The molecule has 1 spiro atoms. The topological polar surface area (TPSA) is 99.4 Å². The summed E-state index contributed by atoms with van der Waals surface area (Å²) in [6.07, 6.45) is 1.74. The van der Waals surface area contributed by atoms with Gasteiger partial charge in [0.2, 0.25) is 0 Å². The van der Waals surface area contributed by atoms with Crippen LogP contribution in [-0.2, 0) is 9.47 Å². The van der Waals surface area contributed by atoms with Crippen molar-refractivity contribution in [3.8, 4) is 0 Å². The van der Waals surface area contributed by atoms with E-state index in [2.05, 4.69) is 0 Å². The summed E-state index contributed by atoms with van der Waals surface area (Å²) in [5.41, 5.74) is -3.99. The lowest BCUT2D eigenvalue weighted by Gasteiger charge is -2.50. The minimum atomic E-state index is -1.14. The van der Waals surface area contributed by atoms with E-state index in [-0.39, 0.29) is 23.2 Å². The van der Waals surface area contributed by atoms with E-state index < -0.39 is 40.7 Å². The largest absolute Gasteiger partial charge is 0.392 e. The highest BCUT2D eigenvalue weighted by atomic mass is 16.7. The van der Waals surface area contributed by atoms with Gasteiger partial charge in [-0.2, -0.15) is 0 Å². The molecule has 10 atom stereocenters. The van der Waals surface area contributed by atoms with Crippen molar-refractivity contribution in [2.75, 3.05) is 7.11 Å². The Kier molecular flexibility index (Phi) is 3.53. The highest BCUT2D eigenvalue weighted by Crippen LogP contribution is 2.73. The van der Waals surface area contributed by atoms with Crippen molar-refractivity contribution >= 4 is 0 Å². The number of rotatable bonds is 1. The van der Waals surface area contributed by atoms with Gasteiger partial charge in [0.15, 0.2) is 6.29 Å². The van der Waals surface area contributed by atoms with Gasteiger partial charge in [0.1, 0.15) is 5.60 Å². The van der Waals surface area contributed by atoms with Crippen LogP contribution in [0.2, 0.25) is 0 Å². The summed E-state index contributed by atoms with van der Waals surface area (Å²) in [5.74, 6) is 0.271. The number of aliphatic hydroxyl groups is 4. The third kappa shape index (κ3) is 1.89. The van der Waals surface area contributed by atoms with Crippen LogP contribution in [0.4, 0.5) is 0 Å². The average Bonchev–Trinajstić information content (AvgIpc) is 3.01. The summed E-state index contributed by atoms with van der Waals surface area (Å²) in [6, 6.07) is 0. The Hall–Kier alpha value is -0.240. The Morgan fingerprint density at radius 2 is 1.70 bits per heavy atom. The maximum atomic E-state index is 11.6. The van der Waals surface area contributed by atoms with Gasteiger partial charge < -0.3 is 29.9 Å². The van der Waals surface area contributed by atoms with Crippen LogP contribution >= 0.6 is 0 Å². The van der Waals surface area contributed by atoms with Gasteiger partial charge in [-0.05, 0) is 56.8 Å². The summed E-state index contributed by atoms with van der Waals surface area (Å²) >= 11 is 0. The van der Waals surface area contributed by atoms with E-state index in [1.54, 1.807) is 14.0 Å². The lowest BCUT2D eigenvalue weighted by Crippen LogP contribution is -2.57.